The molecule has 0 atom stereocenters. The van der Waals surface area contributed by atoms with Crippen molar-refractivity contribution in [1.82, 2.24) is 0 Å². The minimum atomic E-state index is -4.50. The molecule has 1 aromatic rings. The molecule has 0 saturated carbocycles. The van der Waals surface area contributed by atoms with Gasteiger partial charge < -0.3 is 4.74 Å². The fourth-order valence-electron chi connectivity index (χ4n) is 0.900. The summed E-state index contributed by atoms with van der Waals surface area (Å²) in [4.78, 5) is -0.253. The first-order valence-electron chi connectivity index (χ1n) is 3.88. The maximum Gasteiger partial charge on any atom is 0.446 e. The summed E-state index contributed by atoms with van der Waals surface area (Å²) in [7, 11) is 0. The van der Waals surface area contributed by atoms with Crippen molar-refractivity contribution in [2.24, 2.45) is 0 Å². The predicted octanol–water partition coefficient (Wildman–Crippen LogP) is 5.42. The molecule has 17 heavy (non-hydrogen) atoms. The Hall–Kier alpha value is -0.0200. The third-order valence-electron chi connectivity index (χ3n) is 1.43. The lowest BCUT2D eigenvalue weighted by Gasteiger charge is -2.12. The second-order valence-electron chi connectivity index (χ2n) is 2.64. The molecule has 0 saturated heterocycles. The maximum absolute atomic E-state index is 12.2. The van der Waals surface area contributed by atoms with Gasteiger partial charge in [-0.3, -0.25) is 0 Å². The first kappa shape index (κ1) is 15.0. The van der Waals surface area contributed by atoms with Crippen LogP contribution < -0.4 is 4.74 Å². The van der Waals surface area contributed by atoms with E-state index in [1.54, 1.807) is 0 Å². The van der Waals surface area contributed by atoms with Gasteiger partial charge in [0.1, 0.15) is 5.75 Å². The Bertz CT molecular complexity index is 410. The molecular weight excluding hydrogens is 399 g/mol. The zero-order valence-electron chi connectivity index (χ0n) is 7.69. The van der Waals surface area contributed by atoms with Crippen LogP contribution in [0, 0.1) is 0 Å². The predicted molar refractivity (Wildman–Crippen MR) is 60.4 cm³/mol. The normalized spacial score (nSPS) is 12.0. The molecule has 0 bridgehead atoms. The minimum absolute atomic E-state index is 0.133. The van der Waals surface area contributed by atoms with E-state index in [0.717, 1.165) is 6.07 Å². The quantitative estimate of drug-likeness (QED) is 0.493. The third-order valence-corrected chi connectivity index (χ3v) is 3.76. The van der Waals surface area contributed by atoms with Gasteiger partial charge in [-0.05, 0) is 55.8 Å². The van der Waals surface area contributed by atoms with Crippen molar-refractivity contribution in [2.75, 3.05) is 0 Å². The van der Waals surface area contributed by atoms with E-state index in [0.29, 0.717) is 0 Å². The van der Waals surface area contributed by atoms with Gasteiger partial charge in [-0.25, -0.2) is 0 Å². The van der Waals surface area contributed by atoms with Crippen LogP contribution in [0.25, 0.3) is 0 Å². The van der Waals surface area contributed by atoms with Crippen LogP contribution in [-0.2, 0) is 0 Å². The topological polar surface area (TPSA) is 9.23 Å². The SMILES string of the molecule is FC(F)Oc1cc(SC(F)(F)F)c(Br)cc1Br. The first-order chi connectivity index (χ1) is 7.69. The van der Waals surface area contributed by atoms with E-state index in [9.17, 15) is 22.0 Å². The molecule has 1 aromatic carbocycles. The number of hydrogen-bond acceptors (Lipinski definition) is 2. The van der Waals surface area contributed by atoms with Gasteiger partial charge >= 0.3 is 12.1 Å². The van der Waals surface area contributed by atoms with Gasteiger partial charge in [0.25, 0.3) is 0 Å². The van der Waals surface area contributed by atoms with Crippen molar-refractivity contribution in [3.8, 4) is 5.75 Å². The van der Waals surface area contributed by atoms with Crippen molar-refractivity contribution in [3.63, 3.8) is 0 Å². The molecule has 0 aliphatic rings. The third kappa shape index (κ3) is 5.01. The molecule has 0 amide bonds. The Morgan fingerprint density at radius 1 is 1.12 bits per heavy atom. The molecule has 0 fully saturated rings. The van der Waals surface area contributed by atoms with Gasteiger partial charge in [0.2, 0.25) is 0 Å². The van der Waals surface area contributed by atoms with Crippen LogP contribution >= 0.6 is 43.6 Å². The van der Waals surface area contributed by atoms with Crippen molar-refractivity contribution >= 4 is 43.6 Å². The number of halogens is 7. The van der Waals surface area contributed by atoms with Crippen LogP contribution in [-0.4, -0.2) is 12.1 Å². The van der Waals surface area contributed by atoms with Crippen LogP contribution in [0.2, 0.25) is 0 Å². The molecule has 0 aliphatic heterocycles. The molecule has 0 unspecified atom stereocenters. The molecule has 0 aliphatic carbocycles. The van der Waals surface area contributed by atoms with Gasteiger partial charge in [-0.2, -0.15) is 22.0 Å². The zero-order valence-corrected chi connectivity index (χ0v) is 11.7. The first-order valence-corrected chi connectivity index (χ1v) is 6.29. The monoisotopic (exact) mass is 400 g/mol. The number of benzene rings is 1. The average molecular weight is 402 g/mol. The lowest BCUT2D eigenvalue weighted by atomic mass is 10.3. The highest BCUT2D eigenvalue weighted by Crippen LogP contribution is 2.44. The number of ether oxygens (including phenoxy) is 1. The van der Waals surface area contributed by atoms with Crippen molar-refractivity contribution in [3.05, 3.63) is 21.1 Å². The Morgan fingerprint density at radius 2 is 1.71 bits per heavy atom. The number of hydrogen-bond donors (Lipinski definition) is 0. The number of thioether (sulfide) groups is 1. The highest BCUT2D eigenvalue weighted by molar-refractivity contribution is 9.11. The average Bonchev–Trinajstić information content (AvgIpc) is 2.10. The molecule has 0 heterocycles. The maximum atomic E-state index is 12.2. The summed E-state index contributed by atoms with van der Waals surface area (Å²) in [6.07, 6.45) is 0. The van der Waals surface area contributed by atoms with Crippen molar-refractivity contribution in [2.45, 2.75) is 17.0 Å². The van der Waals surface area contributed by atoms with Gasteiger partial charge in [-0.1, -0.05) is 0 Å². The van der Waals surface area contributed by atoms with Gasteiger partial charge in [0, 0.05) is 9.37 Å². The Balaban J connectivity index is 3.06. The van der Waals surface area contributed by atoms with E-state index >= 15 is 0 Å². The fraction of sp³-hybridized carbons (Fsp3) is 0.250. The second-order valence-corrected chi connectivity index (χ2v) is 5.45. The number of alkyl halides is 5. The summed E-state index contributed by atoms with van der Waals surface area (Å²) >= 11 is 5.40. The molecule has 0 spiro atoms. The van der Waals surface area contributed by atoms with Crippen molar-refractivity contribution < 1.29 is 26.7 Å². The molecule has 0 radical (unpaired) electrons. The Kier molecular flexibility index (Phi) is 5.08. The van der Waals surface area contributed by atoms with E-state index in [1.165, 1.54) is 6.07 Å². The van der Waals surface area contributed by atoms with Crippen LogP contribution in [0.1, 0.15) is 0 Å². The van der Waals surface area contributed by atoms with E-state index in [-0.39, 0.29) is 19.6 Å². The molecule has 9 heteroatoms. The second kappa shape index (κ2) is 5.75. The van der Waals surface area contributed by atoms with E-state index < -0.39 is 23.9 Å². The summed E-state index contributed by atoms with van der Waals surface area (Å²) in [5.41, 5.74) is -4.50. The van der Waals surface area contributed by atoms with Gasteiger partial charge in [0.15, 0.2) is 0 Å². The standard InChI is InChI=1S/C8H3Br2F5OS/c9-3-1-4(10)6(17-8(13,14)15)2-5(3)16-7(11)12/h1-2,7H. The van der Waals surface area contributed by atoms with Gasteiger partial charge in [-0.15, -0.1) is 0 Å². The summed E-state index contributed by atoms with van der Waals surface area (Å²) < 4.78 is 64.8. The number of rotatable bonds is 3. The van der Waals surface area contributed by atoms with Crippen molar-refractivity contribution in [1.29, 1.82) is 0 Å². The van der Waals surface area contributed by atoms with Crippen LogP contribution in [0.3, 0.4) is 0 Å². The summed E-state index contributed by atoms with van der Waals surface area (Å²) in [5.74, 6) is -0.352. The Morgan fingerprint density at radius 3 is 2.18 bits per heavy atom. The van der Waals surface area contributed by atoms with E-state index in [2.05, 4.69) is 36.6 Å². The highest BCUT2D eigenvalue weighted by atomic mass is 79.9. The smallest absolute Gasteiger partial charge is 0.434 e. The largest absolute Gasteiger partial charge is 0.446 e. The zero-order chi connectivity index (χ0) is 13.2. The molecule has 1 rings (SSSR count). The lowest BCUT2D eigenvalue weighted by molar-refractivity contribution is -0.0505. The molecule has 96 valence electrons. The highest BCUT2D eigenvalue weighted by Gasteiger charge is 2.31. The fourth-order valence-corrected chi connectivity index (χ4v) is 2.80. The summed E-state index contributed by atoms with van der Waals surface area (Å²) in [6, 6.07) is 2.10. The van der Waals surface area contributed by atoms with E-state index in [4.69, 9.17) is 0 Å². The molecule has 0 aromatic heterocycles. The van der Waals surface area contributed by atoms with E-state index in [1.807, 2.05) is 0 Å². The van der Waals surface area contributed by atoms with Crippen LogP contribution in [0.5, 0.6) is 5.75 Å². The summed E-state index contributed by atoms with van der Waals surface area (Å²) in [6.45, 7) is -3.10. The van der Waals surface area contributed by atoms with Crippen LogP contribution in [0.15, 0.2) is 26.0 Å². The summed E-state index contributed by atoms with van der Waals surface area (Å²) in [5, 5.41) is 0. The molecular formula is C8H3Br2F5OS. The minimum Gasteiger partial charge on any atom is -0.434 e. The van der Waals surface area contributed by atoms with Crippen LogP contribution in [0.4, 0.5) is 22.0 Å². The molecule has 1 nitrogen and oxygen atoms in total. The molecule has 0 N–H and O–H groups in total. The lowest BCUT2D eigenvalue weighted by Crippen LogP contribution is -2.04. The Labute approximate surface area is 114 Å². The van der Waals surface area contributed by atoms with Gasteiger partial charge in [0.05, 0.1) is 4.47 Å².